The SMILES string of the molecule is CC(=O)N[C@@H](C)C(=O)Nc1ccc2[nH]cc(C(=O)O)c(=O)c2c1. The van der Waals surface area contributed by atoms with Crippen molar-refractivity contribution < 1.29 is 19.5 Å². The van der Waals surface area contributed by atoms with Gasteiger partial charge in [-0.3, -0.25) is 14.4 Å². The molecule has 1 heterocycles. The number of carboxylic acids is 1. The van der Waals surface area contributed by atoms with Crippen molar-refractivity contribution in [2.24, 2.45) is 0 Å². The highest BCUT2D eigenvalue weighted by Crippen LogP contribution is 2.15. The number of hydrogen-bond donors (Lipinski definition) is 4. The smallest absolute Gasteiger partial charge is 0.341 e. The number of fused-ring (bicyclic) bond motifs is 1. The van der Waals surface area contributed by atoms with Crippen LogP contribution in [0.3, 0.4) is 0 Å². The predicted molar refractivity (Wildman–Crippen MR) is 83.4 cm³/mol. The number of H-pyrrole nitrogens is 1. The number of hydrogen-bond acceptors (Lipinski definition) is 4. The summed E-state index contributed by atoms with van der Waals surface area (Å²) >= 11 is 0. The van der Waals surface area contributed by atoms with Crippen molar-refractivity contribution in [2.45, 2.75) is 19.9 Å². The lowest BCUT2D eigenvalue weighted by Gasteiger charge is -2.13. The minimum Gasteiger partial charge on any atom is -0.477 e. The fourth-order valence-electron chi connectivity index (χ4n) is 2.08. The second kappa shape index (κ2) is 6.30. The van der Waals surface area contributed by atoms with Gasteiger partial charge in [-0.2, -0.15) is 0 Å². The van der Waals surface area contributed by atoms with E-state index in [4.69, 9.17) is 5.11 Å². The number of aromatic amines is 1. The molecule has 0 aliphatic heterocycles. The first kappa shape index (κ1) is 16.2. The summed E-state index contributed by atoms with van der Waals surface area (Å²) < 4.78 is 0. The Labute approximate surface area is 130 Å². The molecule has 0 saturated heterocycles. The zero-order valence-corrected chi connectivity index (χ0v) is 12.5. The first-order valence-electron chi connectivity index (χ1n) is 6.76. The fraction of sp³-hybridized carbons (Fsp3) is 0.200. The van der Waals surface area contributed by atoms with Crippen LogP contribution in [0.15, 0.2) is 29.2 Å². The Balaban J connectivity index is 2.34. The molecule has 120 valence electrons. The van der Waals surface area contributed by atoms with Gasteiger partial charge in [0.1, 0.15) is 11.6 Å². The maximum absolute atomic E-state index is 12.1. The van der Waals surface area contributed by atoms with Crippen LogP contribution in [0.1, 0.15) is 24.2 Å². The number of aromatic nitrogens is 1. The van der Waals surface area contributed by atoms with E-state index in [1.807, 2.05) is 0 Å². The van der Waals surface area contributed by atoms with Crippen LogP contribution < -0.4 is 16.1 Å². The molecule has 0 aliphatic carbocycles. The molecule has 0 fully saturated rings. The van der Waals surface area contributed by atoms with E-state index in [0.29, 0.717) is 11.2 Å². The molecule has 0 spiro atoms. The Morgan fingerprint density at radius 2 is 1.96 bits per heavy atom. The van der Waals surface area contributed by atoms with E-state index in [1.54, 1.807) is 12.1 Å². The number of carbonyl (C=O) groups excluding carboxylic acids is 2. The Kier molecular flexibility index (Phi) is 4.44. The third-order valence-electron chi connectivity index (χ3n) is 3.19. The third-order valence-corrected chi connectivity index (χ3v) is 3.19. The van der Waals surface area contributed by atoms with Gasteiger partial charge in [0.25, 0.3) is 0 Å². The normalized spacial score (nSPS) is 11.7. The van der Waals surface area contributed by atoms with Gasteiger partial charge >= 0.3 is 5.97 Å². The van der Waals surface area contributed by atoms with E-state index >= 15 is 0 Å². The number of pyridine rings is 1. The van der Waals surface area contributed by atoms with Crippen molar-refractivity contribution in [1.82, 2.24) is 10.3 Å². The average molecular weight is 317 g/mol. The molecule has 8 nitrogen and oxygen atoms in total. The van der Waals surface area contributed by atoms with Crippen molar-refractivity contribution in [1.29, 1.82) is 0 Å². The first-order chi connectivity index (χ1) is 10.8. The van der Waals surface area contributed by atoms with E-state index in [0.717, 1.165) is 6.20 Å². The maximum atomic E-state index is 12.1. The molecule has 8 heteroatoms. The zero-order chi connectivity index (χ0) is 17.1. The van der Waals surface area contributed by atoms with Gasteiger partial charge in [-0.15, -0.1) is 0 Å². The third kappa shape index (κ3) is 3.54. The van der Waals surface area contributed by atoms with Crippen LogP contribution in [-0.2, 0) is 9.59 Å². The number of nitrogens with one attached hydrogen (secondary N) is 3. The fourth-order valence-corrected chi connectivity index (χ4v) is 2.08. The molecule has 1 aromatic carbocycles. The zero-order valence-electron chi connectivity index (χ0n) is 12.5. The Morgan fingerprint density at radius 1 is 1.26 bits per heavy atom. The van der Waals surface area contributed by atoms with Crippen LogP contribution in [0.4, 0.5) is 5.69 Å². The number of carboxylic acid groups (broad SMARTS) is 1. The summed E-state index contributed by atoms with van der Waals surface area (Å²) in [5.41, 5.74) is -0.245. The minimum absolute atomic E-state index is 0.148. The van der Waals surface area contributed by atoms with Crippen LogP contribution in [0.2, 0.25) is 0 Å². The topological polar surface area (TPSA) is 128 Å². The molecule has 1 atom stereocenters. The highest BCUT2D eigenvalue weighted by Gasteiger charge is 2.15. The second-order valence-electron chi connectivity index (χ2n) is 5.01. The van der Waals surface area contributed by atoms with Gasteiger partial charge in [0, 0.05) is 29.7 Å². The quantitative estimate of drug-likeness (QED) is 0.659. The summed E-state index contributed by atoms with van der Waals surface area (Å²) in [5, 5.41) is 14.1. The van der Waals surface area contributed by atoms with E-state index in [-0.39, 0.29) is 16.9 Å². The van der Waals surface area contributed by atoms with Crippen LogP contribution in [0, 0.1) is 0 Å². The predicted octanol–water partition coefficient (Wildman–Crippen LogP) is 0.689. The Bertz CT molecular complexity index is 856. The molecule has 2 amide bonds. The molecule has 0 radical (unpaired) electrons. The Hall–Kier alpha value is -3.16. The summed E-state index contributed by atoms with van der Waals surface area (Å²) in [5.74, 6) is -2.12. The molecule has 0 saturated carbocycles. The standard InChI is InChI=1S/C15H15N3O5/c1-7(17-8(2)19)14(21)18-9-3-4-12-10(5-9)13(20)11(6-16-12)15(22)23/h3-7H,1-2H3,(H,16,20)(H,17,19)(H,18,21)(H,22,23)/t7-/m0/s1. The van der Waals surface area contributed by atoms with Gasteiger partial charge in [0.15, 0.2) is 0 Å². The molecule has 4 N–H and O–H groups in total. The molecule has 0 unspecified atom stereocenters. The van der Waals surface area contributed by atoms with E-state index < -0.39 is 23.3 Å². The van der Waals surface area contributed by atoms with E-state index in [1.165, 1.54) is 19.9 Å². The van der Waals surface area contributed by atoms with Crippen molar-refractivity contribution in [3.8, 4) is 0 Å². The lowest BCUT2D eigenvalue weighted by Crippen LogP contribution is -2.40. The van der Waals surface area contributed by atoms with Gasteiger partial charge in [0.2, 0.25) is 17.2 Å². The summed E-state index contributed by atoms with van der Waals surface area (Å²) in [6.45, 7) is 2.82. The molecule has 2 aromatic rings. The van der Waals surface area contributed by atoms with Gasteiger partial charge < -0.3 is 20.7 Å². The average Bonchev–Trinajstić information content (AvgIpc) is 2.47. The molecular formula is C15H15N3O5. The van der Waals surface area contributed by atoms with Crippen molar-refractivity contribution in [2.75, 3.05) is 5.32 Å². The van der Waals surface area contributed by atoms with Crippen molar-refractivity contribution in [3.05, 3.63) is 40.2 Å². The van der Waals surface area contributed by atoms with Crippen molar-refractivity contribution in [3.63, 3.8) is 0 Å². The monoisotopic (exact) mass is 317 g/mol. The van der Waals surface area contributed by atoms with Crippen molar-refractivity contribution >= 4 is 34.4 Å². The first-order valence-corrected chi connectivity index (χ1v) is 6.76. The number of rotatable bonds is 4. The molecule has 0 bridgehead atoms. The van der Waals surface area contributed by atoms with Crippen LogP contribution in [-0.4, -0.2) is 33.9 Å². The molecule has 2 rings (SSSR count). The molecule has 23 heavy (non-hydrogen) atoms. The maximum Gasteiger partial charge on any atom is 0.341 e. The highest BCUT2D eigenvalue weighted by molar-refractivity contribution is 5.99. The molecule has 0 aliphatic rings. The Morgan fingerprint density at radius 3 is 2.57 bits per heavy atom. The number of amides is 2. The van der Waals surface area contributed by atoms with Crippen LogP contribution in [0.25, 0.3) is 10.9 Å². The van der Waals surface area contributed by atoms with E-state index in [2.05, 4.69) is 15.6 Å². The number of aromatic carboxylic acids is 1. The number of benzene rings is 1. The van der Waals surface area contributed by atoms with Crippen LogP contribution in [0.5, 0.6) is 0 Å². The highest BCUT2D eigenvalue weighted by atomic mass is 16.4. The number of anilines is 1. The van der Waals surface area contributed by atoms with Gasteiger partial charge in [0.05, 0.1) is 0 Å². The summed E-state index contributed by atoms with van der Waals surface area (Å²) in [4.78, 5) is 48.7. The van der Waals surface area contributed by atoms with Gasteiger partial charge in [-0.1, -0.05) is 0 Å². The van der Waals surface area contributed by atoms with Crippen LogP contribution >= 0.6 is 0 Å². The lowest BCUT2D eigenvalue weighted by atomic mass is 10.1. The van der Waals surface area contributed by atoms with E-state index in [9.17, 15) is 19.2 Å². The molecule has 1 aromatic heterocycles. The molecular weight excluding hydrogens is 302 g/mol. The summed E-state index contributed by atoms with van der Waals surface area (Å²) in [6.07, 6.45) is 1.13. The number of carbonyl (C=O) groups is 3. The summed E-state index contributed by atoms with van der Waals surface area (Å²) in [7, 11) is 0. The largest absolute Gasteiger partial charge is 0.477 e. The minimum atomic E-state index is -1.33. The lowest BCUT2D eigenvalue weighted by molar-refractivity contribution is -0.124. The second-order valence-corrected chi connectivity index (χ2v) is 5.01. The van der Waals surface area contributed by atoms with Gasteiger partial charge in [-0.05, 0) is 25.1 Å². The summed E-state index contributed by atoms with van der Waals surface area (Å²) in [6, 6.07) is 3.77. The van der Waals surface area contributed by atoms with Gasteiger partial charge in [-0.25, -0.2) is 4.79 Å².